The maximum absolute atomic E-state index is 14.1. The summed E-state index contributed by atoms with van der Waals surface area (Å²) in [6.07, 6.45) is 1.84. The van der Waals surface area contributed by atoms with E-state index in [9.17, 15) is 8.78 Å². The smallest absolute Gasteiger partial charge is 0.194 e. The van der Waals surface area contributed by atoms with Crippen LogP contribution < -0.4 is 15.1 Å². The van der Waals surface area contributed by atoms with E-state index in [-0.39, 0.29) is 24.0 Å². The predicted molar refractivity (Wildman–Crippen MR) is 140 cm³/mol. The molecule has 2 saturated heterocycles. The van der Waals surface area contributed by atoms with Crippen LogP contribution >= 0.6 is 24.0 Å². The topological polar surface area (TPSA) is 50.2 Å². The van der Waals surface area contributed by atoms with Gasteiger partial charge in [0.25, 0.3) is 0 Å². The summed E-state index contributed by atoms with van der Waals surface area (Å²) < 4.78 is 27.7. The fourth-order valence-electron chi connectivity index (χ4n) is 4.27. The summed E-state index contributed by atoms with van der Waals surface area (Å²) in [4.78, 5) is 17.8. The molecular formula is C23H32F2IN7. The second-order valence-electron chi connectivity index (χ2n) is 8.25. The van der Waals surface area contributed by atoms with Crippen LogP contribution in [0.15, 0.2) is 41.5 Å². The number of aliphatic imine (C=N–C) groups is 1. The number of nitrogens with one attached hydrogen (secondary N) is 1. The molecule has 33 heavy (non-hydrogen) atoms. The summed E-state index contributed by atoms with van der Waals surface area (Å²) in [6.45, 7) is 7.16. The van der Waals surface area contributed by atoms with Gasteiger partial charge in [-0.1, -0.05) is 6.07 Å². The number of likely N-dealkylation sites (N-methyl/N-ethyl adjacent to an activating group) is 1. The molecule has 1 aromatic carbocycles. The minimum atomic E-state index is -0.422. The lowest BCUT2D eigenvalue weighted by Gasteiger charge is -2.38. The lowest BCUT2D eigenvalue weighted by atomic mass is 10.2. The Labute approximate surface area is 211 Å². The van der Waals surface area contributed by atoms with Crippen molar-refractivity contribution < 1.29 is 8.78 Å². The first-order valence-electron chi connectivity index (χ1n) is 11.1. The molecule has 10 heteroatoms. The number of aromatic nitrogens is 1. The second-order valence-corrected chi connectivity index (χ2v) is 8.25. The number of benzene rings is 1. The molecular weight excluding hydrogens is 539 g/mol. The van der Waals surface area contributed by atoms with Crippen molar-refractivity contribution in [2.24, 2.45) is 4.99 Å². The lowest BCUT2D eigenvalue weighted by molar-refractivity contribution is 0.311. The van der Waals surface area contributed by atoms with Crippen LogP contribution in [-0.4, -0.2) is 87.2 Å². The molecule has 2 aliphatic heterocycles. The molecule has 0 unspecified atom stereocenters. The number of nitrogens with zero attached hydrogens (tertiary/aromatic N) is 6. The lowest BCUT2D eigenvalue weighted by Crippen LogP contribution is -2.52. The highest BCUT2D eigenvalue weighted by Crippen LogP contribution is 2.22. The van der Waals surface area contributed by atoms with Crippen LogP contribution in [0, 0.1) is 11.6 Å². The van der Waals surface area contributed by atoms with Crippen molar-refractivity contribution >= 4 is 41.4 Å². The van der Waals surface area contributed by atoms with Crippen LogP contribution in [-0.2, 0) is 6.54 Å². The molecule has 4 rings (SSSR count). The van der Waals surface area contributed by atoms with E-state index >= 15 is 0 Å². The minimum absolute atomic E-state index is 0. The van der Waals surface area contributed by atoms with E-state index in [0.29, 0.717) is 38.4 Å². The molecule has 2 aliphatic rings. The molecule has 3 heterocycles. The number of rotatable bonds is 4. The molecule has 0 radical (unpaired) electrons. The third-order valence-corrected chi connectivity index (χ3v) is 6.15. The van der Waals surface area contributed by atoms with E-state index in [0.717, 1.165) is 49.6 Å². The largest absolute Gasteiger partial charge is 0.366 e. The fourth-order valence-corrected chi connectivity index (χ4v) is 4.27. The average molecular weight is 571 g/mol. The molecule has 0 atom stereocenters. The maximum Gasteiger partial charge on any atom is 0.194 e. The molecule has 0 bridgehead atoms. The van der Waals surface area contributed by atoms with E-state index in [2.05, 4.69) is 43.1 Å². The van der Waals surface area contributed by atoms with Crippen LogP contribution in [0.1, 0.15) is 5.56 Å². The Hall–Kier alpha value is -2.21. The predicted octanol–water partition coefficient (Wildman–Crippen LogP) is 2.63. The van der Waals surface area contributed by atoms with E-state index in [4.69, 9.17) is 0 Å². The van der Waals surface area contributed by atoms with Crippen LogP contribution in [0.25, 0.3) is 0 Å². The second kappa shape index (κ2) is 11.8. The molecule has 0 amide bonds. The van der Waals surface area contributed by atoms with Crippen molar-refractivity contribution in [1.29, 1.82) is 0 Å². The van der Waals surface area contributed by atoms with Gasteiger partial charge >= 0.3 is 0 Å². The number of anilines is 2. The van der Waals surface area contributed by atoms with E-state index in [1.807, 2.05) is 17.2 Å². The number of halogens is 3. The highest BCUT2D eigenvalue weighted by molar-refractivity contribution is 14.0. The summed E-state index contributed by atoms with van der Waals surface area (Å²) in [5, 5.41) is 3.47. The van der Waals surface area contributed by atoms with Crippen LogP contribution in [0.2, 0.25) is 0 Å². The molecule has 0 saturated carbocycles. The third-order valence-electron chi connectivity index (χ3n) is 6.15. The zero-order valence-corrected chi connectivity index (χ0v) is 21.5. The molecule has 2 fully saturated rings. The fraction of sp³-hybridized carbons (Fsp3) is 0.478. The van der Waals surface area contributed by atoms with Crippen LogP contribution in [0.4, 0.5) is 20.3 Å². The van der Waals surface area contributed by atoms with Gasteiger partial charge in [0.15, 0.2) is 5.96 Å². The van der Waals surface area contributed by atoms with E-state index < -0.39 is 11.6 Å². The normalized spacial score (nSPS) is 17.7. The summed E-state index contributed by atoms with van der Waals surface area (Å²) in [7, 11) is 3.91. The van der Waals surface area contributed by atoms with Gasteiger partial charge in [-0.05, 0) is 25.2 Å². The molecule has 0 spiro atoms. The van der Waals surface area contributed by atoms with E-state index in [1.54, 1.807) is 7.05 Å². The van der Waals surface area contributed by atoms with Crippen molar-refractivity contribution in [3.63, 3.8) is 0 Å². The molecule has 2 aromatic rings. The van der Waals surface area contributed by atoms with E-state index in [1.165, 1.54) is 12.1 Å². The average Bonchev–Trinajstić information content (AvgIpc) is 2.82. The van der Waals surface area contributed by atoms with Gasteiger partial charge in [-0.15, -0.1) is 24.0 Å². The molecule has 0 aliphatic carbocycles. The molecule has 1 aromatic heterocycles. The van der Waals surface area contributed by atoms with Gasteiger partial charge in [0.2, 0.25) is 0 Å². The number of guanidine groups is 1. The first-order chi connectivity index (χ1) is 15.5. The SMILES string of the molecule is CN=C(NCc1cccnc1N1CCN(C)CC1)N1CCN(c2cc(F)ccc2F)CC1.I. The Balaban J connectivity index is 0.00000306. The van der Waals surface area contributed by atoms with Gasteiger partial charge in [-0.2, -0.15) is 0 Å². The Kier molecular flexibility index (Phi) is 9.07. The number of hydrogen-bond acceptors (Lipinski definition) is 5. The van der Waals surface area contributed by atoms with Gasteiger partial charge in [-0.3, -0.25) is 4.99 Å². The first kappa shape index (κ1) is 25.4. The number of hydrogen-bond donors (Lipinski definition) is 1. The Morgan fingerprint density at radius 1 is 1.00 bits per heavy atom. The van der Waals surface area contributed by atoms with Gasteiger partial charge in [0.1, 0.15) is 17.5 Å². The zero-order chi connectivity index (χ0) is 22.5. The third kappa shape index (κ3) is 6.23. The number of pyridine rings is 1. The minimum Gasteiger partial charge on any atom is -0.366 e. The summed E-state index contributed by atoms with van der Waals surface area (Å²) in [5.74, 6) is 1.01. The van der Waals surface area contributed by atoms with Crippen molar-refractivity contribution in [3.05, 3.63) is 53.7 Å². The summed E-state index contributed by atoms with van der Waals surface area (Å²) in [6, 6.07) is 7.66. The Morgan fingerprint density at radius 2 is 1.70 bits per heavy atom. The zero-order valence-electron chi connectivity index (χ0n) is 19.2. The van der Waals surface area contributed by atoms with Gasteiger partial charge in [-0.25, -0.2) is 13.8 Å². The Morgan fingerprint density at radius 3 is 2.39 bits per heavy atom. The molecule has 7 nitrogen and oxygen atoms in total. The van der Waals surface area contributed by atoms with Gasteiger partial charge < -0.3 is 24.9 Å². The maximum atomic E-state index is 14.1. The highest BCUT2D eigenvalue weighted by Gasteiger charge is 2.23. The molecule has 1 N–H and O–H groups in total. The van der Waals surface area contributed by atoms with Crippen LogP contribution in [0.5, 0.6) is 0 Å². The van der Waals surface area contributed by atoms with Crippen molar-refractivity contribution in [1.82, 2.24) is 20.1 Å². The first-order valence-corrected chi connectivity index (χ1v) is 11.1. The van der Waals surface area contributed by atoms with Crippen molar-refractivity contribution in [3.8, 4) is 0 Å². The standard InChI is InChI=1S/C23H31F2N7.HI/c1-26-23(32-14-12-30(13-15-32)21-16-19(24)5-6-20(21)25)28-17-18-4-3-7-27-22(18)31-10-8-29(2)9-11-31;/h3-7,16H,8-15,17H2,1-2H3,(H,26,28);1H. The van der Waals surface area contributed by atoms with Crippen molar-refractivity contribution in [2.75, 3.05) is 76.3 Å². The highest BCUT2D eigenvalue weighted by atomic mass is 127. The summed E-state index contributed by atoms with van der Waals surface area (Å²) >= 11 is 0. The summed E-state index contributed by atoms with van der Waals surface area (Å²) in [5.41, 5.74) is 1.46. The number of piperazine rings is 2. The quantitative estimate of drug-likeness (QED) is 0.346. The van der Waals surface area contributed by atoms with Gasteiger partial charge in [0.05, 0.1) is 5.69 Å². The Bertz CT molecular complexity index is 942. The van der Waals surface area contributed by atoms with Gasteiger partial charge in [0, 0.05) is 83.8 Å². The van der Waals surface area contributed by atoms with Crippen molar-refractivity contribution in [2.45, 2.75) is 6.54 Å². The molecule has 180 valence electrons. The van der Waals surface area contributed by atoms with Crippen LogP contribution in [0.3, 0.4) is 0 Å². The monoisotopic (exact) mass is 571 g/mol.